The molecule has 0 aromatic heterocycles. The minimum absolute atomic E-state index is 0.259. The van der Waals surface area contributed by atoms with Crippen molar-refractivity contribution in [1.82, 2.24) is 4.90 Å². The van der Waals surface area contributed by atoms with Crippen LogP contribution in [0.4, 0.5) is 8.78 Å². The molecule has 0 bridgehead atoms. The molecule has 1 aliphatic rings. The molecule has 5 heteroatoms. The molecule has 1 aliphatic heterocycles. The number of nitrogens with zero attached hydrogens (tertiary/aromatic N) is 1. The van der Waals surface area contributed by atoms with Crippen molar-refractivity contribution in [3.05, 3.63) is 48.6 Å². The van der Waals surface area contributed by atoms with Crippen LogP contribution in [-0.4, -0.2) is 30.4 Å². The highest BCUT2D eigenvalue weighted by atomic mass is 19.3. The summed E-state index contributed by atoms with van der Waals surface area (Å²) in [4.78, 5) is 13.3. The Balaban J connectivity index is 2.23. The fourth-order valence-corrected chi connectivity index (χ4v) is 2.36. The first-order valence-corrected chi connectivity index (χ1v) is 7.16. The number of hydrogen-bond donors (Lipinski definition) is 0. The monoisotopic (exact) mass is 307 g/mol. The highest BCUT2D eigenvalue weighted by Gasteiger charge is 2.30. The summed E-state index contributed by atoms with van der Waals surface area (Å²) in [6, 6.07) is 7.05. The average Bonchev–Trinajstić information content (AvgIpc) is 2.50. The van der Waals surface area contributed by atoms with Crippen LogP contribution in [-0.2, 0) is 4.79 Å². The zero-order chi connectivity index (χ0) is 16.1. The lowest BCUT2D eigenvalue weighted by Crippen LogP contribution is -2.39. The average molecular weight is 307 g/mol. The van der Waals surface area contributed by atoms with E-state index in [4.69, 9.17) is 4.74 Å². The van der Waals surface area contributed by atoms with Crippen molar-refractivity contribution in [3.63, 3.8) is 0 Å². The fraction of sp³-hybridized carbons (Fsp3) is 0.353. The number of carbonyl (C=O) groups is 1. The van der Waals surface area contributed by atoms with Crippen molar-refractivity contribution in [2.45, 2.75) is 19.8 Å². The Bertz CT molecular complexity index is 567. The third-order valence-corrected chi connectivity index (χ3v) is 3.48. The third kappa shape index (κ3) is 3.72. The molecule has 2 rings (SSSR count). The van der Waals surface area contributed by atoms with Crippen molar-refractivity contribution >= 4 is 11.6 Å². The van der Waals surface area contributed by atoms with E-state index in [1.54, 1.807) is 37.3 Å². The molecule has 0 saturated heterocycles. The quantitative estimate of drug-likeness (QED) is 0.750. The zero-order valence-corrected chi connectivity index (χ0v) is 12.5. The number of rotatable bonds is 6. The van der Waals surface area contributed by atoms with Gasteiger partial charge in [-0.15, -0.1) is 0 Å². The molecular weight excluding hydrogens is 288 g/mol. The maximum atomic E-state index is 12.8. The molecule has 0 aliphatic carbocycles. The smallest absolute Gasteiger partial charge is 0.256 e. The van der Waals surface area contributed by atoms with Gasteiger partial charge in [-0.3, -0.25) is 4.79 Å². The first kappa shape index (κ1) is 16.2. The molecule has 3 nitrogen and oxygen atoms in total. The highest BCUT2D eigenvalue weighted by molar-refractivity contribution is 5.90. The lowest BCUT2D eigenvalue weighted by Gasteiger charge is -2.31. The van der Waals surface area contributed by atoms with Crippen molar-refractivity contribution in [2.75, 3.05) is 13.2 Å². The summed E-state index contributed by atoms with van der Waals surface area (Å²) in [5.41, 5.74) is 1.27. The molecule has 0 fully saturated rings. The van der Waals surface area contributed by atoms with Crippen molar-refractivity contribution in [3.8, 4) is 5.75 Å². The highest BCUT2D eigenvalue weighted by Crippen LogP contribution is 2.30. The van der Waals surface area contributed by atoms with Crippen LogP contribution < -0.4 is 4.74 Å². The van der Waals surface area contributed by atoms with Gasteiger partial charge in [-0.2, -0.15) is 0 Å². The number of halogens is 2. The molecule has 1 aromatic rings. The Morgan fingerprint density at radius 2 is 2.09 bits per heavy atom. The summed E-state index contributed by atoms with van der Waals surface area (Å²) in [5.74, 6) is 0.141. The van der Waals surface area contributed by atoms with Gasteiger partial charge in [0, 0.05) is 11.6 Å². The van der Waals surface area contributed by atoms with Crippen LogP contribution in [0.1, 0.15) is 18.9 Å². The van der Waals surface area contributed by atoms with Gasteiger partial charge in [0.15, 0.2) is 0 Å². The SMILES string of the molecule is C=CCOc1ccc(C2=CCC(C)C(=O)N2CC(F)F)cc1. The van der Waals surface area contributed by atoms with Gasteiger partial charge in [-0.25, -0.2) is 8.78 Å². The molecule has 1 heterocycles. The number of benzene rings is 1. The van der Waals surface area contributed by atoms with Gasteiger partial charge in [0.1, 0.15) is 12.4 Å². The first-order valence-electron chi connectivity index (χ1n) is 7.16. The summed E-state index contributed by atoms with van der Waals surface area (Å²) >= 11 is 0. The molecule has 0 N–H and O–H groups in total. The molecule has 1 amide bonds. The molecule has 118 valence electrons. The predicted molar refractivity (Wildman–Crippen MR) is 81.6 cm³/mol. The minimum Gasteiger partial charge on any atom is -0.490 e. The molecule has 0 saturated carbocycles. The summed E-state index contributed by atoms with van der Waals surface area (Å²) in [6.07, 6.45) is 1.48. The van der Waals surface area contributed by atoms with E-state index < -0.39 is 13.0 Å². The first-order chi connectivity index (χ1) is 10.5. The van der Waals surface area contributed by atoms with Gasteiger partial charge in [0.2, 0.25) is 5.91 Å². The Hall–Kier alpha value is -2.17. The molecule has 1 aromatic carbocycles. The Morgan fingerprint density at radius 1 is 1.41 bits per heavy atom. The second-order valence-corrected chi connectivity index (χ2v) is 5.19. The topological polar surface area (TPSA) is 29.5 Å². The standard InChI is InChI=1S/C17H19F2NO2/c1-3-10-22-14-7-5-13(6-8-14)15-9-4-12(2)17(21)20(15)11-16(18)19/h3,5-9,12,16H,1,4,10-11H2,2H3. The Morgan fingerprint density at radius 3 is 2.68 bits per heavy atom. The van der Waals surface area contributed by atoms with Gasteiger partial charge in [-0.1, -0.05) is 25.7 Å². The molecule has 1 atom stereocenters. The Labute approximate surface area is 128 Å². The van der Waals surface area contributed by atoms with Crippen molar-refractivity contribution < 1.29 is 18.3 Å². The van der Waals surface area contributed by atoms with Gasteiger partial charge < -0.3 is 9.64 Å². The van der Waals surface area contributed by atoms with E-state index in [1.807, 2.05) is 6.08 Å². The maximum Gasteiger partial charge on any atom is 0.256 e. The van der Waals surface area contributed by atoms with Crippen LogP contribution in [0.15, 0.2) is 43.0 Å². The predicted octanol–water partition coefficient (Wildman–Crippen LogP) is 3.73. The second kappa shape index (κ2) is 7.20. The summed E-state index contributed by atoms with van der Waals surface area (Å²) in [6.45, 7) is 5.14. The normalized spacial score (nSPS) is 18.4. The van der Waals surface area contributed by atoms with Gasteiger partial charge in [0.25, 0.3) is 6.43 Å². The van der Waals surface area contributed by atoms with Crippen LogP contribution in [0.25, 0.3) is 5.70 Å². The van der Waals surface area contributed by atoms with Gasteiger partial charge >= 0.3 is 0 Å². The van der Waals surface area contributed by atoms with Crippen LogP contribution in [0.3, 0.4) is 0 Å². The zero-order valence-electron chi connectivity index (χ0n) is 12.5. The van der Waals surface area contributed by atoms with Crippen LogP contribution in [0.5, 0.6) is 5.75 Å². The number of carbonyl (C=O) groups excluding carboxylic acids is 1. The lowest BCUT2D eigenvalue weighted by molar-refractivity contribution is -0.133. The van der Waals surface area contributed by atoms with Crippen molar-refractivity contribution in [1.29, 1.82) is 0 Å². The van der Waals surface area contributed by atoms with E-state index in [-0.39, 0.29) is 11.8 Å². The third-order valence-electron chi connectivity index (χ3n) is 3.48. The number of hydrogen-bond acceptors (Lipinski definition) is 2. The van der Waals surface area contributed by atoms with Crippen LogP contribution in [0, 0.1) is 5.92 Å². The fourth-order valence-electron chi connectivity index (χ4n) is 2.36. The molecule has 0 spiro atoms. The maximum absolute atomic E-state index is 12.8. The minimum atomic E-state index is -2.56. The molecule has 22 heavy (non-hydrogen) atoms. The summed E-state index contributed by atoms with van der Waals surface area (Å²) in [5, 5.41) is 0. The van der Waals surface area contributed by atoms with E-state index in [9.17, 15) is 13.6 Å². The summed E-state index contributed by atoms with van der Waals surface area (Å²) in [7, 11) is 0. The molecule has 0 radical (unpaired) electrons. The van der Waals surface area contributed by atoms with Gasteiger partial charge in [0.05, 0.1) is 6.54 Å². The van der Waals surface area contributed by atoms with E-state index in [0.29, 0.717) is 24.5 Å². The van der Waals surface area contributed by atoms with Crippen molar-refractivity contribution in [2.24, 2.45) is 5.92 Å². The number of amides is 1. The summed E-state index contributed by atoms with van der Waals surface area (Å²) < 4.78 is 30.9. The Kier molecular flexibility index (Phi) is 5.31. The van der Waals surface area contributed by atoms with E-state index in [0.717, 1.165) is 5.56 Å². The van der Waals surface area contributed by atoms with E-state index in [1.165, 1.54) is 4.90 Å². The number of alkyl halides is 2. The van der Waals surface area contributed by atoms with E-state index >= 15 is 0 Å². The number of ether oxygens (including phenoxy) is 1. The van der Waals surface area contributed by atoms with Crippen LogP contribution >= 0.6 is 0 Å². The second-order valence-electron chi connectivity index (χ2n) is 5.19. The van der Waals surface area contributed by atoms with E-state index in [2.05, 4.69) is 6.58 Å². The largest absolute Gasteiger partial charge is 0.490 e. The lowest BCUT2D eigenvalue weighted by atomic mass is 9.97. The molecule has 1 unspecified atom stereocenters. The molecular formula is C17H19F2NO2. The number of allylic oxidation sites excluding steroid dienone is 1. The van der Waals surface area contributed by atoms with Gasteiger partial charge in [-0.05, 0) is 36.2 Å². The van der Waals surface area contributed by atoms with Crippen LogP contribution in [0.2, 0.25) is 0 Å².